The molecule has 3 aromatic carbocycles. The van der Waals surface area contributed by atoms with Gasteiger partial charge in [-0.15, -0.1) is 0 Å². The van der Waals surface area contributed by atoms with E-state index in [1.807, 2.05) is 37.3 Å². The lowest BCUT2D eigenvalue weighted by Gasteiger charge is -2.09. The van der Waals surface area contributed by atoms with Crippen LogP contribution in [-0.2, 0) is 10.0 Å². The van der Waals surface area contributed by atoms with Crippen molar-refractivity contribution in [1.82, 2.24) is 0 Å². The highest BCUT2D eigenvalue weighted by molar-refractivity contribution is 7.84. The fraction of sp³-hybridized carbons (Fsp3) is 0.0952. The molecule has 0 spiro atoms. The second-order valence-electron chi connectivity index (χ2n) is 6.24. The minimum atomic E-state index is -3.76. The molecule has 3 N–H and O–H groups in total. The standard InChI is InChI=1S/C21H20N2O3S/c1-15-14-20(24)16(2)13-19(15)22-21(17-9-5-3-6-10-17)23-27(25,26)18-11-7-4-8-12-18/h3-14,24H,1-2H3,(H,22,23)/p+1. The minimum absolute atomic E-state index is 0.179. The molecule has 0 aliphatic rings. The summed E-state index contributed by atoms with van der Waals surface area (Å²) in [6, 6.07) is 20.8. The summed E-state index contributed by atoms with van der Waals surface area (Å²) in [6.07, 6.45) is 0. The lowest BCUT2D eigenvalue weighted by atomic mass is 10.1. The monoisotopic (exact) mass is 381 g/mol. The topological polar surface area (TPSA) is 80.4 Å². The summed E-state index contributed by atoms with van der Waals surface area (Å²) >= 11 is 0. The molecule has 0 heterocycles. The fourth-order valence-electron chi connectivity index (χ4n) is 2.62. The molecule has 0 aliphatic heterocycles. The van der Waals surface area contributed by atoms with Crippen LogP contribution in [0.4, 0.5) is 5.69 Å². The molecule has 6 heteroatoms. The molecule has 5 nitrogen and oxygen atoms in total. The van der Waals surface area contributed by atoms with E-state index in [9.17, 15) is 13.5 Å². The highest BCUT2D eigenvalue weighted by atomic mass is 32.2. The molecule has 27 heavy (non-hydrogen) atoms. The molecule has 0 bridgehead atoms. The Bertz CT molecular complexity index is 1080. The number of amidine groups is 1. The highest BCUT2D eigenvalue weighted by Crippen LogP contribution is 2.25. The average molecular weight is 381 g/mol. The molecule has 0 aliphatic carbocycles. The van der Waals surface area contributed by atoms with Crippen LogP contribution >= 0.6 is 0 Å². The SMILES string of the molecule is Cc1cc(NC(=[NH+]S(=O)(=O)c2ccccc2)c2ccccc2)c(C)cc1O. The van der Waals surface area contributed by atoms with Crippen molar-refractivity contribution in [3.63, 3.8) is 0 Å². The number of hydrogen-bond donors (Lipinski definition) is 3. The van der Waals surface area contributed by atoms with Crippen LogP contribution in [0.1, 0.15) is 16.7 Å². The van der Waals surface area contributed by atoms with Crippen LogP contribution in [0.2, 0.25) is 0 Å². The first kappa shape index (κ1) is 18.7. The van der Waals surface area contributed by atoms with Crippen LogP contribution in [0.3, 0.4) is 0 Å². The molecule has 0 radical (unpaired) electrons. The van der Waals surface area contributed by atoms with Gasteiger partial charge in [0.15, 0.2) is 0 Å². The van der Waals surface area contributed by atoms with Crippen molar-refractivity contribution in [3.05, 3.63) is 89.5 Å². The van der Waals surface area contributed by atoms with Gasteiger partial charge < -0.3 is 5.11 Å². The quantitative estimate of drug-likeness (QED) is 0.368. The van der Waals surface area contributed by atoms with E-state index in [4.69, 9.17) is 0 Å². The van der Waals surface area contributed by atoms with Gasteiger partial charge in [-0.3, -0.25) is 0 Å². The predicted molar refractivity (Wildman–Crippen MR) is 106 cm³/mol. The maximum Gasteiger partial charge on any atom is 0.328 e. The number of sulfonamides is 1. The third-order valence-corrected chi connectivity index (χ3v) is 5.52. The predicted octanol–water partition coefficient (Wildman–Crippen LogP) is 2.34. The first-order valence-corrected chi connectivity index (χ1v) is 9.92. The largest absolute Gasteiger partial charge is 0.508 e. The van der Waals surface area contributed by atoms with Crippen molar-refractivity contribution in [2.75, 3.05) is 5.32 Å². The average Bonchev–Trinajstić information content (AvgIpc) is 2.67. The number of anilines is 1. The summed E-state index contributed by atoms with van der Waals surface area (Å²) in [5.41, 5.74) is 2.90. The zero-order valence-electron chi connectivity index (χ0n) is 15.1. The summed E-state index contributed by atoms with van der Waals surface area (Å²) in [6.45, 7) is 3.63. The Hall–Kier alpha value is -3.12. The number of phenolic OH excluding ortho intramolecular Hbond substituents is 1. The van der Waals surface area contributed by atoms with Crippen LogP contribution in [0, 0.1) is 13.8 Å². The Balaban J connectivity index is 2.09. The van der Waals surface area contributed by atoms with Crippen molar-refractivity contribution in [2.24, 2.45) is 0 Å². The second kappa shape index (κ2) is 7.63. The van der Waals surface area contributed by atoms with Gasteiger partial charge in [0.1, 0.15) is 16.3 Å². The molecule has 3 aromatic rings. The number of hydrogen-bond acceptors (Lipinski definition) is 3. The van der Waals surface area contributed by atoms with Gasteiger partial charge in [0, 0.05) is 0 Å². The first-order chi connectivity index (χ1) is 12.9. The van der Waals surface area contributed by atoms with Gasteiger partial charge >= 0.3 is 10.0 Å². The van der Waals surface area contributed by atoms with E-state index in [0.717, 1.165) is 5.56 Å². The third kappa shape index (κ3) is 4.35. The van der Waals surface area contributed by atoms with Gasteiger partial charge in [0.05, 0.1) is 5.56 Å². The van der Waals surface area contributed by atoms with E-state index in [0.29, 0.717) is 22.6 Å². The number of aryl methyl sites for hydroxylation is 2. The molecule has 0 unspecified atom stereocenters. The number of rotatable bonds is 4. The zero-order valence-corrected chi connectivity index (χ0v) is 15.9. The lowest BCUT2D eigenvalue weighted by molar-refractivity contribution is -0.266. The zero-order chi connectivity index (χ0) is 19.4. The normalized spacial score (nSPS) is 12.0. The Labute approximate surface area is 159 Å². The van der Waals surface area contributed by atoms with Gasteiger partial charge in [-0.25, -0.2) is 5.32 Å². The molecular formula is C21H21N2O3S+. The molecule has 0 aromatic heterocycles. The van der Waals surface area contributed by atoms with Crippen LogP contribution < -0.4 is 9.71 Å². The van der Waals surface area contributed by atoms with Gasteiger partial charge in [-0.05, 0) is 61.4 Å². The van der Waals surface area contributed by atoms with Gasteiger partial charge in [-0.2, -0.15) is 12.8 Å². The molecular weight excluding hydrogens is 360 g/mol. The first-order valence-electron chi connectivity index (χ1n) is 8.44. The summed E-state index contributed by atoms with van der Waals surface area (Å²) in [4.78, 5) is 0.179. The Morgan fingerprint density at radius 1 is 0.889 bits per heavy atom. The van der Waals surface area contributed by atoms with E-state index in [-0.39, 0.29) is 10.6 Å². The van der Waals surface area contributed by atoms with Crippen molar-refractivity contribution in [2.45, 2.75) is 18.7 Å². The molecule has 0 saturated heterocycles. The Kier molecular flexibility index (Phi) is 5.28. The summed E-state index contributed by atoms with van der Waals surface area (Å²) in [7, 11) is -3.76. The summed E-state index contributed by atoms with van der Waals surface area (Å²) < 4.78 is 28.3. The van der Waals surface area contributed by atoms with E-state index >= 15 is 0 Å². The van der Waals surface area contributed by atoms with E-state index in [1.54, 1.807) is 49.4 Å². The van der Waals surface area contributed by atoms with Crippen LogP contribution in [0.15, 0.2) is 77.7 Å². The fourth-order valence-corrected chi connectivity index (χ4v) is 3.70. The highest BCUT2D eigenvalue weighted by Gasteiger charge is 2.21. The van der Waals surface area contributed by atoms with Gasteiger partial charge in [0.2, 0.25) is 0 Å². The smallest absolute Gasteiger partial charge is 0.328 e. The number of nitrogens with one attached hydrogen (secondary N) is 2. The van der Waals surface area contributed by atoms with Crippen LogP contribution in [0.5, 0.6) is 5.75 Å². The molecule has 3 rings (SSSR count). The van der Waals surface area contributed by atoms with E-state index < -0.39 is 10.0 Å². The molecule has 138 valence electrons. The van der Waals surface area contributed by atoms with Gasteiger partial charge in [0.25, 0.3) is 5.84 Å². The van der Waals surface area contributed by atoms with E-state index in [2.05, 4.69) is 9.71 Å². The van der Waals surface area contributed by atoms with Crippen molar-refractivity contribution >= 4 is 21.5 Å². The maximum absolute atomic E-state index is 12.8. The minimum Gasteiger partial charge on any atom is -0.508 e. The summed E-state index contributed by atoms with van der Waals surface area (Å²) in [5.74, 6) is 0.539. The maximum atomic E-state index is 12.8. The number of phenols is 1. The van der Waals surface area contributed by atoms with Gasteiger partial charge in [-0.1, -0.05) is 36.4 Å². The van der Waals surface area contributed by atoms with Crippen molar-refractivity contribution in [1.29, 1.82) is 0 Å². The lowest BCUT2D eigenvalue weighted by Crippen LogP contribution is -2.78. The Morgan fingerprint density at radius 3 is 2.11 bits per heavy atom. The second-order valence-corrected chi connectivity index (χ2v) is 7.92. The summed E-state index contributed by atoms with van der Waals surface area (Å²) in [5, 5.41) is 13.0. The van der Waals surface area contributed by atoms with Crippen molar-refractivity contribution in [3.8, 4) is 5.75 Å². The molecule has 0 amide bonds. The third-order valence-electron chi connectivity index (χ3n) is 4.15. The number of aromatic hydroxyl groups is 1. The van der Waals surface area contributed by atoms with Crippen molar-refractivity contribution < 1.29 is 17.9 Å². The molecule has 0 atom stereocenters. The number of benzene rings is 3. The molecule has 0 saturated carbocycles. The molecule has 0 fully saturated rings. The Morgan fingerprint density at radius 2 is 1.48 bits per heavy atom. The van der Waals surface area contributed by atoms with Crippen LogP contribution in [-0.4, -0.2) is 19.4 Å². The van der Waals surface area contributed by atoms with Crippen LogP contribution in [0.25, 0.3) is 0 Å². The van der Waals surface area contributed by atoms with E-state index in [1.165, 1.54) is 0 Å².